The number of thioether (sulfide) groups is 1. The average Bonchev–Trinajstić information content (AvgIpc) is 3.09. The van der Waals surface area contributed by atoms with Gasteiger partial charge in [-0.1, -0.05) is 29.5 Å². The summed E-state index contributed by atoms with van der Waals surface area (Å²) in [6, 6.07) is 15.7. The zero-order valence-electron chi connectivity index (χ0n) is 14.3. The Balaban J connectivity index is 1.51. The van der Waals surface area contributed by atoms with Crippen molar-refractivity contribution in [2.45, 2.75) is 19.0 Å². The van der Waals surface area contributed by atoms with Gasteiger partial charge >= 0.3 is 0 Å². The van der Waals surface area contributed by atoms with E-state index >= 15 is 0 Å². The van der Waals surface area contributed by atoms with E-state index in [4.69, 9.17) is 9.47 Å². The van der Waals surface area contributed by atoms with Gasteiger partial charge in [0.25, 0.3) is 0 Å². The molecule has 0 fully saturated rings. The van der Waals surface area contributed by atoms with Crippen molar-refractivity contribution in [3.63, 3.8) is 0 Å². The smallest absolute Gasteiger partial charge is 0.214 e. The van der Waals surface area contributed by atoms with Gasteiger partial charge < -0.3 is 9.47 Å². The van der Waals surface area contributed by atoms with Gasteiger partial charge in [0.1, 0.15) is 11.5 Å². The van der Waals surface area contributed by atoms with E-state index in [1.165, 1.54) is 5.56 Å². The summed E-state index contributed by atoms with van der Waals surface area (Å²) in [5.41, 5.74) is 2.15. The van der Waals surface area contributed by atoms with Crippen molar-refractivity contribution in [2.24, 2.45) is 0 Å². The molecule has 1 heterocycles. The largest absolute Gasteiger partial charge is 0.494 e. The summed E-state index contributed by atoms with van der Waals surface area (Å²) >= 11 is 1.56. The Morgan fingerprint density at radius 3 is 2.32 bits per heavy atom. The maximum absolute atomic E-state index is 5.74. The maximum Gasteiger partial charge on any atom is 0.214 e. The molecular formula is C18H20N4O2S. The number of hydrogen-bond acceptors (Lipinski definition) is 6. The van der Waals surface area contributed by atoms with Gasteiger partial charge in [-0.05, 0) is 60.7 Å². The summed E-state index contributed by atoms with van der Waals surface area (Å²) in [5.74, 6) is 2.42. The highest BCUT2D eigenvalue weighted by Gasteiger charge is 2.08. The number of benzene rings is 2. The molecule has 0 N–H and O–H groups in total. The number of aryl methyl sites for hydroxylation is 1. The van der Waals surface area contributed by atoms with E-state index in [9.17, 15) is 0 Å². The molecule has 0 saturated heterocycles. The monoisotopic (exact) mass is 356 g/mol. The first kappa shape index (κ1) is 17.3. The zero-order valence-corrected chi connectivity index (χ0v) is 15.1. The number of aromatic nitrogens is 4. The molecule has 0 unspecified atom stereocenters. The first-order valence-corrected chi connectivity index (χ1v) is 9.08. The van der Waals surface area contributed by atoms with Crippen molar-refractivity contribution in [1.29, 1.82) is 0 Å². The quantitative estimate of drug-likeness (QED) is 0.454. The van der Waals surface area contributed by atoms with Crippen LogP contribution >= 0.6 is 11.8 Å². The molecule has 1 aromatic heterocycles. The van der Waals surface area contributed by atoms with Crippen molar-refractivity contribution in [3.05, 3.63) is 54.1 Å². The third kappa shape index (κ3) is 4.73. The second-order valence-corrected chi connectivity index (χ2v) is 6.37. The Hall–Kier alpha value is -2.54. The Morgan fingerprint density at radius 1 is 0.960 bits per heavy atom. The fraction of sp³-hybridized carbons (Fsp3) is 0.278. The summed E-state index contributed by atoms with van der Waals surface area (Å²) in [6.45, 7) is 5.25. The highest BCUT2D eigenvalue weighted by atomic mass is 32.2. The van der Waals surface area contributed by atoms with Crippen LogP contribution in [0.2, 0.25) is 0 Å². The minimum Gasteiger partial charge on any atom is -0.494 e. The van der Waals surface area contributed by atoms with Crippen LogP contribution in [0, 0.1) is 6.92 Å². The molecule has 0 aliphatic rings. The van der Waals surface area contributed by atoms with Crippen LogP contribution in [0.15, 0.2) is 53.7 Å². The van der Waals surface area contributed by atoms with Crippen molar-refractivity contribution >= 4 is 11.8 Å². The highest BCUT2D eigenvalue weighted by Crippen LogP contribution is 2.20. The molecule has 3 rings (SSSR count). The predicted molar refractivity (Wildman–Crippen MR) is 97.7 cm³/mol. The summed E-state index contributed by atoms with van der Waals surface area (Å²) in [5, 5.41) is 12.7. The Bertz CT molecular complexity index is 788. The third-order valence-electron chi connectivity index (χ3n) is 3.44. The van der Waals surface area contributed by atoms with Crippen LogP contribution in [0.3, 0.4) is 0 Å². The van der Waals surface area contributed by atoms with Gasteiger partial charge in [-0.3, -0.25) is 0 Å². The van der Waals surface area contributed by atoms with E-state index < -0.39 is 0 Å². The van der Waals surface area contributed by atoms with E-state index in [1.807, 2.05) is 55.5 Å². The van der Waals surface area contributed by atoms with Crippen molar-refractivity contribution in [1.82, 2.24) is 20.2 Å². The first-order chi connectivity index (χ1) is 12.3. The lowest BCUT2D eigenvalue weighted by Gasteiger charge is -2.08. The number of hydrogen-bond donors (Lipinski definition) is 0. The normalized spacial score (nSPS) is 10.6. The van der Waals surface area contributed by atoms with E-state index in [1.54, 1.807) is 16.4 Å². The van der Waals surface area contributed by atoms with Gasteiger partial charge in [0.05, 0.1) is 18.9 Å². The summed E-state index contributed by atoms with van der Waals surface area (Å²) < 4.78 is 12.9. The van der Waals surface area contributed by atoms with Crippen LogP contribution in [0.4, 0.5) is 0 Å². The Labute approximate surface area is 151 Å². The van der Waals surface area contributed by atoms with E-state index in [2.05, 4.69) is 22.4 Å². The van der Waals surface area contributed by atoms with Crippen molar-refractivity contribution in [3.8, 4) is 17.2 Å². The topological polar surface area (TPSA) is 62.1 Å². The molecule has 6 nitrogen and oxygen atoms in total. The molecule has 25 heavy (non-hydrogen) atoms. The minimum absolute atomic E-state index is 0.569. The second-order valence-electron chi connectivity index (χ2n) is 5.31. The van der Waals surface area contributed by atoms with Crippen LogP contribution in [0.25, 0.3) is 5.69 Å². The van der Waals surface area contributed by atoms with Gasteiger partial charge in [0.2, 0.25) is 5.16 Å². The lowest BCUT2D eigenvalue weighted by Crippen LogP contribution is -2.03. The third-order valence-corrected chi connectivity index (χ3v) is 4.32. The van der Waals surface area contributed by atoms with Crippen molar-refractivity contribution < 1.29 is 9.47 Å². The zero-order chi connectivity index (χ0) is 17.5. The van der Waals surface area contributed by atoms with E-state index in [0.717, 1.165) is 28.1 Å². The van der Waals surface area contributed by atoms with Crippen LogP contribution in [0.5, 0.6) is 11.5 Å². The number of rotatable bonds is 8. The molecule has 0 aliphatic carbocycles. The van der Waals surface area contributed by atoms with Gasteiger partial charge in [-0.2, -0.15) is 4.68 Å². The van der Waals surface area contributed by atoms with Crippen molar-refractivity contribution in [2.75, 3.05) is 19.0 Å². The average molecular weight is 356 g/mol. The summed E-state index contributed by atoms with van der Waals surface area (Å²) in [6.07, 6.45) is 0. The fourth-order valence-corrected chi connectivity index (χ4v) is 2.92. The highest BCUT2D eigenvalue weighted by molar-refractivity contribution is 7.99. The number of tetrazole rings is 1. The van der Waals surface area contributed by atoms with Crippen LogP contribution in [-0.2, 0) is 0 Å². The molecule has 130 valence electrons. The molecule has 0 saturated carbocycles. The van der Waals surface area contributed by atoms with Crippen LogP contribution in [0.1, 0.15) is 12.5 Å². The number of nitrogens with zero attached hydrogens (tertiary/aromatic N) is 4. The lowest BCUT2D eigenvalue weighted by molar-refractivity contribution is 0.332. The molecule has 0 radical (unpaired) electrons. The van der Waals surface area contributed by atoms with Gasteiger partial charge in [0.15, 0.2) is 0 Å². The molecule has 0 atom stereocenters. The van der Waals surface area contributed by atoms with Gasteiger partial charge in [-0.25, -0.2) is 0 Å². The molecule has 0 amide bonds. The summed E-state index contributed by atoms with van der Waals surface area (Å²) in [4.78, 5) is 0. The SMILES string of the molecule is CCOc1ccc(OCCSc2nnnn2-c2ccc(C)cc2)cc1. The molecule has 0 spiro atoms. The van der Waals surface area contributed by atoms with Crippen LogP contribution in [-0.4, -0.2) is 39.2 Å². The molecule has 7 heteroatoms. The second kappa shape index (κ2) is 8.53. The Morgan fingerprint density at radius 2 is 1.64 bits per heavy atom. The first-order valence-electron chi connectivity index (χ1n) is 8.10. The Kier molecular flexibility index (Phi) is 5.90. The molecule has 0 bridgehead atoms. The predicted octanol–water partition coefficient (Wildman–Crippen LogP) is 3.54. The minimum atomic E-state index is 0.569. The van der Waals surface area contributed by atoms with Gasteiger partial charge in [0, 0.05) is 5.75 Å². The molecule has 3 aromatic rings. The number of ether oxygens (including phenoxy) is 2. The summed E-state index contributed by atoms with van der Waals surface area (Å²) in [7, 11) is 0. The molecule has 2 aromatic carbocycles. The maximum atomic E-state index is 5.74. The lowest BCUT2D eigenvalue weighted by atomic mass is 10.2. The van der Waals surface area contributed by atoms with Crippen LogP contribution < -0.4 is 9.47 Å². The molecular weight excluding hydrogens is 336 g/mol. The van der Waals surface area contributed by atoms with E-state index in [-0.39, 0.29) is 0 Å². The standard InChI is InChI=1S/C18H20N4O2S/c1-3-23-16-8-10-17(11-9-16)24-12-13-25-18-19-20-21-22(18)15-6-4-14(2)5-7-15/h4-11H,3,12-13H2,1-2H3. The molecule has 0 aliphatic heterocycles. The van der Waals surface area contributed by atoms with Gasteiger partial charge in [-0.15, -0.1) is 5.10 Å². The fourth-order valence-electron chi connectivity index (χ4n) is 2.21. The van der Waals surface area contributed by atoms with E-state index in [0.29, 0.717) is 13.2 Å².